The first-order valence-electron chi connectivity index (χ1n) is 13.6. The molecule has 9 heteroatoms. The van der Waals surface area contributed by atoms with E-state index in [0.717, 1.165) is 17.5 Å². The molecule has 0 unspecified atom stereocenters. The topological polar surface area (TPSA) is 78.9 Å². The second kappa shape index (κ2) is 11.8. The van der Waals surface area contributed by atoms with Crippen LogP contribution in [-0.4, -0.2) is 72.6 Å². The van der Waals surface area contributed by atoms with Gasteiger partial charge >= 0.3 is 5.97 Å². The zero-order valence-electron chi connectivity index (χ0n) is 22.5. The van der Waals surface area contributed by atoms with Gasteiger partial charge in [0.25, 0.3) is 5.91 Å². The molecular formula is C30H34FN5O3. The van der Waals surface area contributed by atoms with E-state index in [1.165, 1.54) is 6.07 Å². The van der Waals surface area contributed by atoms with Gasteiger partial charge in [-0.3, -0.25) is 9.59 Å². The number of piperazine rings is 1. The van der Waals surface area contributed by atoms with E-state index < -0.39 is 0 Å². The minimum absolute atomic E-state index is 0.189. The highest BCUT2D eigenvalue weighted by Crippen LogP contribution is 2.28. The summed E-state index contributed by atoms with van der Waals surface area (Å²) in [6.07, 6.45) is 3.05. The van der Waals surface area contributed by atoms with Gasteiger partial charge in [-0.2, -0.15) is 0 Å². The SMILES string of the molecule is CCOC(=O)[C@H]1CCCN(C(=O)c2cnc(-c3cccc(C)c3)nc2N2CCN(c3ccccc3F)CC2)C1. The molecule has 0 saturated carbocycles. The van der Waals surface area contributed by atoms with Crippen LogP contribution in [0.3, 0.4) is 0 Å². The summed E-state index contributed by atoms with van der Waals surface area (Å²) in [7, 11) is 0. The van der Waals surface area contributed by atoms with Crippen molar-refractivity contribution in [3.8, 4) is 11.4 Å². The lowest BCUT2D eigenvalue weighted by atomic mass is 9.97. The number of amides is 1. The fraction of sp³-hybridized carbons (Fsp3) is 0.400. The monoisotopic (exact) mass is 531 g/mol. The van der Waals surface area contributed by atoms with Gasteiger partial charge in [0.15, 0.2) is 5.82 Å². The first kappa shape index (κ1) is 26.6. The van der Waals surface area contributed by atoms with Crippen molar-refractivity contribution >= 4 is 23.4 Å². The first-order chi connectivity index (χ1) is 18.9. The van der Waals surface area contributed by atoms with Crippen LogP contribution in [0.4, 0.5) is 15.9 Å². The van der Waals surface area contributed by atoms with E-state index in [0.29, 0.717) is 75.2 Å². The Labute approximate surface area is 228 Å². The lowest BCUT2D eigenvalue weighted by molar-refractivity contribution is -0.149. The van der Waals surface area contributed by atoms with Gasteiger partial charge in [0.05, 0.1) is 18.2 Å². The molecule has 0 bridgehead atoms. The lowest BCUT2D eigenvalue weighted by Gasteiger charge is -2.38. The van der Waals surface area contributed by atoms with E-state index in [4.69, 9.17) is 9.72 Å². The summed E-state index contributed by atoms with van der Waals surface area (Å²) < 4.78 is 19.6. The van der Waals surface area contributed by atoms with Crippen LogP contribution in [0.15, 0.2) is 54.7 Å². The zero-order valence-corrected chi connectivity index (χ0v) is 22.5. The maximum Gasteiger partial charge on any atom is 0.310 e. The number of hydrogen-bond donors (Lipinski definition) is 0. The number of aryl methyl sites for hydroxylation is 1. The third kappa shape index (κ3) is 5.87. The molecule has 1 aromatic heterocycles. The Morgan fingerprint density at radius 1 is 1.03 bits per heavy atom. The number of likely N-dealkylation sites (tertiary alicyclic amines) is 1. The normalized spacial score (nSPS) is 17.7. The van der Waals surface area contributed by atoms with Gasteiger partial charge in [0, 0.05) is 51.0 Å². The molecule has 1 amide bonds. The van der Waals surface area contributed by atoms with Crippen molar-refractivity contribution in [2.75, 3.05) is 55.7 Å². The van der Waals surface area contributed by atoms with Crippen LogP contribution in [0.25, 0.3) is 11.4 Å². The van der Waals surface area contributed by atoms with Crippen LogP contribution in [0.1, 0.15) is 35.7 Å². The summed E-state index contributed by atoms with van der Waals surface area (Å²) in [6, 6.07) is 14.7. The van der Waals surface area contributed by atoms with E-state index >= 15 is 0 Å². The van der Waals surface area contributed by atoms with E-state index in [2.05, 4.69) is 9.88 Å². The van der Waals surface area contributed by atoms with Crippen molar-refractivity contribution in [3.05, 3.63) is 71.7 Å². The minimum atomic E-state index is -0.331. The fourth-order valence-electron chi connectivity index (χ4n) is 5.34. The summed E-state index contributed by atoms with van der Waals surface area (Å²) in [5.41, 5.74) is 2.96. The summed E-state index contributed by atoms with van der Waals surface area (Å²) in [5, 5.41) is 0. The number of carbonyl (C=O) groups excluding carboxylic acids is 2. The number of para-hydroxylation sites is 1. The summed E-state index contributed by atoms with van der Waals surface area (Å²) in [4.78, 5) is 41.5. The van der Waals surface area contributed by atoms with E-state index in [9.17, 15) is 14.0 Å². The number of rotatable bonds is 6. The Bertz CT molecular complexity index is 1340. The number of carbonyl (C=O) groups is 2. The molecule has 2 aliphatic heterocycles. The third-order valence-electron chi connectivity index (χ3n) is 7.38. The highest BCUT2D eigenvalue weighted by atomic mass is 19.1. The highest BCUT2D eigenvalue weighted by molar-refractivity contribution is 5.99. The quantitative estimate of drug-likeness (QED) is 0.438. The van der Waals surface area contributed by atoms with Gasteiger partial charge in [-0.1, -0.05) is 35.9 Å². The van der Waals surface area contributed by atoms with E-state index in [1.54, 1.807) is 30.2 Å². The summed E-state index contributed by atoms with van der Waals surface area (Å²) >= 11 is 0. The van der Waals surface area contributed by atoms with Crippen molar-refractivity contribution in [3.63, 3.8) is 0 Å². The average Bonchev–Trinajstić information content (AvgIpc) is 2.97. The van der Waals surface area contributed by atoms with Crippen molar-refractivity contribution in [1.29, 1.82) is 0 Å². The molecule has 2 aliphatic rings. The molecule has 204 valence electrons. The molecule has 8 nitrogen and oxygen atoms in total. The standard InChI is InChI=1S/C30H34FN5O3/c1-3-39-30(38)23-10-7-13-36(20-23)29(37)24-19-32-27(22-9-6-8-21(2)18-22)33-28(24)35-16-14-34(15-17-35)26-12-5-4-11-25(26)31/h4-6,8-9,11-12,18-19,23H,3,7,10,13-17,20H2,1-2H3/t23-/m0/s1. The van der Waals surface area contributed by atoms with E-state index in [-0.39, 0.29) is 23.6 Å². The average molecular weight is 532 g/mol. The number of nitrogens with zero attached hydrogens (tertiary/aromatic N) is 5. The molecule has 3 aromatic rings. The molecule has 0 radical (unpaired) electrons. The predicted molar refractivity (Wildman–Crippen MR) is 148 cm³/mol. The molecule has 2 aromatic carbocycles. The number of piperidine rings is 1. The maximum absolute atomic E-state index is 14.4. The summed E-state index contributed by atoms with van der Waals surface area (Å²) in [6.45, 7) is 7.33. The highest BCUT2D eigenvalue weighted by Gasteiger charge is 2.33. The van der Waals surface area contributed by atoms with Crippen LogP contribution in [0.2, 0.25) is 0 Å². The zero-order chi connectivity index (χ0) is 27.4. The molecule has 5 rings (SSSR count). The Morgan fingerprint density at radius 2 is 1.79 bits per heavy atom. The number of halogens is 1. The molecule has 3 heterocycles. The number of ether oxygens (including phenoxy) is 1. The van der Waals surface area contributed by atoms with Gasteiger partial charge in [-0.15, -0.1) is 0 Å². The predicted octanol–water partition coefficient (Wildman–Crippen LogP) is 4.33. The van der Waals surface area contributed by atoms with Crippen molar-refractivity contribution < 1.29 is 18.7 Å². The third-order valence-corrected chi connectivity index (χ3v) is 7.38. The first-order valence-corrected chi connectivity index (χ1v) is 13.6. The summed E-state index contributed by atoms with van der Waals surface area (Å²) in [5.74, 6) is 0.0920. The second-order valence-corrected chi connectivity index (χ2v) is 10.1. The van der Waals surface area contributed by atoms with Gasteiger partial charge < -0.3 is 19.4 Å². The largest absolute Gasteiger partial charge is 0.466 e. The fourth-order valence-corrected chi connectivity index (χ4v) is 5.34. The van der Waals surface area contributed by atoms with E-state index in [1.807, 2.05) is 42.2 Å². The number of anilines is 2. The van der Waals surface area contributed by atoms with Crippen LogP contribution in [-0.2, 0) is 9.53 Å². The minimum Gasteiger partial charge on any atom is -0.466 e. The van der Waals surface area contributed by atoms with Crippen molar-refractivity contribution in [1.82, 2.24) is 14.9 Å². The van der Waals surface area contributed by atoms with Crippen molar-refractivity contribution in [2.24, 2.45) is 5.92 Å². The molecule has 1 atom stereocenters. The molecular weight excluding hydrogens is 497 g/mol. The Balaban J connectivity index is 1.43. The molecule has 2 fully saturated rings. The van der Waals surface area contributed by atoms with Gasteiger partial charge in [-0.25, -0.2) is 14.4 Å². The number of aromatic nitrogens is 2. The van der Waals surface area contributed by atoms with Crippen LogP contribution in [0, 0.1) is 18.7 Å². The number of benzene rings is 2. The Kier molecular flexibility index (Phi) is 8.05. The van der Waals surface area contributed by atoms with Crippen LogP contribution in [0.5, 0.6) is 0 Å². The van der Waals surface area contributed by atoms with Gasteiger partial charge in [-0.05, 0) is 44.9 Å². The lowest BCUT2D eigenvalue weighted by Crippen LogP contribution is -2.48. The molecule has 0 N–H and O–H groups in total. The Hall–Kier alpha value is -4.01. The molecule has 39 heavy (non-hydrogen) atoms. The molecule has 2 saturated heterocycles. The number of esters is 1. The van der Waals surface area contributed by atoms with Gasteiger partial charge in [0.1, 0.15) is 17.2 Å². The van der Waals surface area contributed by atoms with Gasteiger partial charge in [0.2, 0.25) is 0 Å². The maximum atomic E-state index is 14.4. The number of hydrogen-bond acceptors (Lipinski definition) is 7. The van der Waals surface area contributed by atoms with Crippen LogP contribution < -0.4 is 9.80 Å². The Morgan fingerprint density at radius 3 is 2.54 bits per heavy atom. The smallest absolute Gasteiger partial charge is 0.310 e. The second-order valence-electron chi connectivity index (χ2n) is 10.1. The van der Waals surface area contributed by atoms with Crippen LogP contribution >= 0.6 is 0 Å². The molecule has 0 spiro atoms. The molecule has 0 aliphatic carbocycles. The van der Waals surface area contributed by atoms with Crippen molar-refractivity contribution in [2.45, 2.75) is 26.7 Å².